The van der Waals surface area contributed by atoms with Crippen LogP contribution >= 0.6 is 0 Å². The van der Waals surface area contributed by atoms with Crippen molar-refractivity contribution in [2.45, 2.75) is 6.92 Å². The third-order valence-electron chi connectivity index (χ3n) is 0. The van der Waals surface area contributed by atoms with E-state index in [4.69, 9.17) is 0 Å². The van der Waals surface area contributed by atoms with Crippen LogP contribution in [-0.4, -0.2) is 16.4 Å². The Morgan fingerprint density at radius 1 is 1.60 bits per heavy atom. The largest absolute Gasteiger partial charge is 0.412 e. The number of allylic oxidation sites excluding steroid dienone is 1. The summed E-state index contributed by atoms with van der Waals surface area (Å²) in [6.45, 7) is 5.25. The van der Waals surface area contributed by atoms with Crippen LogP contribution in [-0.2, 0) is 0 Å². The molecule has 0 spiro atoms. The molecule has 0 aliphatic rings. The summed E-state index contributed by atoms with van der Waals surface area (Å²) >= 11 is 0. The predicted octanol–water partition coefficient (Wildman–Crippen LogP) is -1.08. The fourth-order valence-corrected chi connectivity index (χ4v) is 0. The summed E-state index contributed by atoms with van der Waals surface area (Å²) in [4.78, 5) is 0. The smallest absolute Gasteiger partial charge is 0.0149 e. The fraction of sp³-hybridized carbons (Fsp3) is 0.333. The topological polar surface area (TPSA) is 31.5 Å². The Kier molecular flexibility index (Phi) is 163. The molecule has 0 aliphatic heterocycles. The van der Waals surface area contributed by atoms with Gasteiger partial charge in [0.25, 0.3) is 0 Å². The maximum absolute atomic E-state index is 3.36. The molecule has 0 bridgehead atoms. The van der Waals surface area contributed by atoms with Gasteiger partial charge in [-0.05, 0) is 17.9 Å². The predicted molar refractivity (Wildman–Crippen MR) is 30.8 cm³/mol. The van der Waals surface area contributed by atoms with E-state index in [2.05, 4.69) is 6.58 Å². The van der Waals surface area contributed by atoms with Crippen molar-refractivity contribution in [2.24, 2.45) is 0 Å². The van der Waals surface area contributed by atoms with E-state index in [-0.39, 0.29) is 16.4 Å². The van der Waals surface area contributed by atoms with Gasteiger partial charge >= 0.3 is 0 Å². The summed E-state index contributed by atoms with van der Waals surface area (Å²) < 4.78 is 0. The number of rotatable bonds is 0. The fourth-order valence-electron chi connectivity index (χ4n) is 0. The summed E-state index contributed by atoms with van der Waals surface area (Å²) in [5.41, 5.74) is 0. The van der Waals surface area contributed by atoms with Crippen molar-refractivity contribution in [1.29, 1.82) is 0 Å². The van der Waals surface area contributed by atoms with Gasteiger partial charge in [-0.15, -0.1) is 6.58 Å². The maximum atomic E-state index is 3.36. The van der Waals surface area contributed by atoms with Gasteiger partial charge in [-0.3, -0.25) is 0 Å². The summed E-state index contributed by atoms with van der Waals surface area (Å²) in [6.07, 6.45) is 1.75. The van der Waals surface area contributed by atoms with Crippen LogP contribution in [0.25, 0.3) is 0 Å². The minimum Gasteiger partial charge on any atom is -0.412 e. The molecule has 0 aromatic carbocycles. The van der Waals surface area contributed by atoms with Gasteiger partial charge in [-0.2, -0.15) is 0 Å². The molecule has 0 amide bonds. The molecule has 0 aromatic heterocycles. The molecule has 0 rings (SSSR count). The van der Waals surface area contributed by atoms with Crippen molar-refractivity contribution < 1.29 is 5.48 Å². The lowest BCUT2D eigenvalue weighted by Crippen LogP contribution is -1.07. The molecule has 0 fully saturated rings. The van der Waals surface area contributed by atoms with Crippen LogP contribution in [0.1, 0.15) is 6.92 Å². The van der Waals surface area contributed by atoms with E-state index in [1.807, 2.05) is 6.92 Å². The molecule has 0 atom stereocenters. The van der Waals surface area contributed by atoms with Crippen molar-refractivity contribution >= 4 is 11.0 Å². The third kappa shape index (κ3) is 2080. The molecule has 0 heterocycles. The standard InChI is InChI=1S/C3H6.H2O.H4Si/c1-3-2;;/h3H,1H2,2H3;1H2;1H4. The van der Waals surface area contributed by atoms with Crippen LogP contribution in [0.2, 0.25) is 0 Å². The zero-order chi connectivity index (χ0) is 2.71. The normalized spacial score (nSPS) is 2.60. The van der Waals surface area contributed by atoms with Gasteiger partial charge in [-0.25, -0.2) is 0 Å². The minimum atomic E-state index is 0. The van der Waals surface area contributed by atoms with E-state index in [1.165, 1.54) is 0 Å². The Hall–Kier alpha value is -0.0831. The van der Waals surface area contributed by atoms with Gasteiger partial charge in [-0.1, -0.05) is 6.08 Å². The number of hydrogen-bond acceptors (Lipinski definition) is 0. The Bertz CT molecular complexity index is 14.4. The highest BCUT2D eigenvalue weighted by molar-refractivity contribution is 5.75. The number of hydrogen-bond donors (Lipinski definition) is 0. The summed E-state index contributed by atoms with van der Waals surface area (Å²) in [5.74, 6) is 0. The lowest BCUT2D eigenvalue weighted by atomic mass is 10.8. The van der Waals surface area contributed by atoms with Crippen LogP contribution in [0.15, 0.2) is 12.7 Å². The quantitative estimate of drug-likeness (QED) is 0.269. The molecule has 2 heteroatoms. The lowest BCUT2D eigenvalue weighted by molar-refractivity contribution is 0.824. The molecule has 0 unspecified atom stereocenters. The second-order valence-electron chi connectivity index (χ2n) is 0.408. The molecule has 0 radical (unpaired) electrons. The van der Waals surface area contributed by atoms with Gasteiger partial charge in [0.15, 0.2) is 0 Å². The Labute approximate surface area is 37.0 Å². The van der Waals surface area contributed by atoms with Crippen LogP contribution in [0.4, 0.5) is 0 Å². The van der Waals surface area contributed by atoms with Crippen molar-refractivity contribution in [3.63, 3.8) is 0 Å². The van der Waals surface area contributed by atoms with Gasteiger partial charge in [0, 0.05) is 0 Å². The molecule has 0 saturated heterocycles. The Morgan fingerprint density at radius 3 is 1.60 bits per heavy atom. The van der Waals surface area contributed by atoms with E-state index in [0.29, 0.717) is 0 Å². The highest BCUT2D eigenvalue weighted by Gasteiger charge is 1.15. The van der Waals surface area contributed by atoms with Crippen molar-refractivity contribution in [3.8, 4) is 0 Å². The van der Waals surface area contributed by atoms with Gasteiger partial charge in [0.2, 0.25) is 0 Å². The van der Waals surface area contributed by atoms with Gasteiger partial charge in [0.1, 0.15) is 0 Å². The van der Waals surface area contributed by atoms with E-state index in [9.17, 15) is 0 Å². The highest BCUT2D eigenvalue weighted by Crippen LogP contribution is 1.38. The Morgan fingerprint density at radius 2 is 1.60 bits per heavy atom. The maximum Gasteiger partial charge on any atom is -0.0149 e. The van der Waals surface area contributed by atoms with Crippen LogP contribution in [0.3, 0.4) is 0 Å². The second-order valence-corrected chi connectivity index (χ2v) is 0.408. The molecule has 5 heavy (non-hydrogen) atoms. The molecule has 34 valence electrons. The van der Waals surface area contributed by atoms with Gasteiger partial charge < -0.3 is 5.48 Å². The van der Waals surface area contributed by atoms with Gasteiger partial charge in [0.05, 0.1) is 0 Å². The molecule has 1 nitrogen and oxygen atoms in total. The van der Waals surface area contributed by atoms with Crippen molar-refractivity contribution in [3.05, 3.63) is 12.7 Å². The van der Waals surface area contributed by atoms with E-state index >= 15 is 0 Å². The van der Waals surface area contributed by atoms with E-state index in [1.54, 1.807) is 6.08 Å². The van der Waals surface area contributed by atoms with Crippen molar-refractivity contribution in [1.82, 2.24) is 0 Å². The highest BCUT2D eigenvalue weighted by atomic mass is 28.1. The average Bonchev–Trinajstić information content (AvgIpc) is 0.918. The average molecular weight is 92.2 g/mol. The molecule has 0 saturated carbocycles. The Balaban J connectivity index is -0.0000000200. The first-order valence-electron chi connectivity index (χ1n) is 0.986. The summed E-state index contributed by atoms with van der Waals surface area (Å²) in [5, 5.41) is 0. The minimum absolute atomic E-state index is 0. The first-order chi connectivity index (χ1) is 1.41. The van der Waals surface area contributed by atoms with E-state index in [0.717, 1.165) is 0 Å². The first-order valence-corrected chi connectivity index (χ1v) is 0.986. The van der Waals surface area contributed by atoms with Crippen LogP contribution < -0.4 is 0 Å². The van der Waals surface area contributed by atoms with E-state index < -0.39 is 0 Å². The summed E-state index contributed by atoms with van der Waals surface area (Å²) in [6, 6.07) is 0. The lowest BCUT2D eigenvalue weighted by Gasteiger charge is -1.31. The van der Waals surface area contributed by atoms with Crippen molar-refractivity contribution in [2.75, 3.05) is 0 Å². The zero-order valence-corrected chi connectivity index (χ0v) is 2.78. The molecule has 0 aliphatic carbocycles. The van der Waals surface area contributed by atoms with Crippen LogP contribution in [0, 0.1) is 0 Å². The molecule has 2 N–H and O–H groups in total. The molecular formula is C3H12OSi. The zero-order valence-electron chi connectivity index (χ0n) is 2.78. The monoisotopic (exact) mass is 92.1 g/mol. The third-order valence-corrected chi connectivity index (χ3v) is 0. The molecular weight excluding hydrogens is 80.1 g/mol. The second kappa shape index (κ2) is 39.6. The summed E-state index contributed by atoms with van der Waals surface area (Å²) in [7, 11) is 0. The molecule has 0 aromatic rings. The van der Waals surface area contributed by atoms with Crippen LogP contribution in [0.5, 0.6) is 0 Å². The first kappa shape index (κ1) is 20.5. The SMILES string of the molecule is C=CC.O.[SiH4].